The van der Waals surface area contributed by atoms with Crippen LogP contribution in [0.5, 0.6) is 5.75 Å². The van der Waals surface area contributed by atoms with Crippen molar-refractivity contribution in [2.75, 3.05) is 13.2 Å². The lowest BCUT2D eigenvalue weighted by atomic mass is 10.2. The highest BCUT2D eigenvalue weighted by molar-refractivity contribution is 6.33. The van der Waals surface area contributed by atoms with E-state index < -0.39 is 10.9 Å². The molecule has 0 unspecified atom stereocenters. The molecular formula is C12H14ClNO5. The highest BCUT2D eigenvalue weighted by atomic mass is 35.5. The van der Waals surface area contributed by atoms with Gasteiger partial charge in [-0.25, -0.2) is 4.79 Å². The van der Waals surface area contributed by atoms with Crippen LogP contribution in [0.25, 0.3) is 0 Å². The van der Waals surface area contributed by atoms with Crippen molar-refractivity contribution in [3.63, 3.8) is 0 Å². The fourth-order valence-electron chi connectivity index (χ4n) is 1.38. The third-order valence-corrected chi connectivity index (χ3v) is 2.52. The Bertz CT molecular complexity index is 489. The molecule has 0 saturated heterocycles. The summed E-state index contributed by atoms with van der Waals surface area (Å²) >= 11 is 5.91. The van der Waals surface area contributed by atoms with Gasteiger partial charge in [-0.1, -0.05) is 18.5 Å². The maximum atomic E-state index is 11.6. The van der Waals surface area contributed by atoms with Crippen LogP contribution in [0.2, 0.25) is 5.02 Å². The van der Waals surface area contributed by atoms with Gasteiger partial charge in [0.2, 0.25) is 0 Å². The lowest BCUT2D eigenvalue weighted by Gasteiger charge is -2.09. The van der Waals surface area contributed by atoms with Gasteiger partial charge in [-0.3, -0.25) is 10.1 Å². The zero-order valence-corrected chi connectivity index (χ0v) is 11.4. The fraction of sp³-hybridized carbons (Fsp3) is 0.417. The second kappa shape index (κ2) is 6.94. The highest BCUT2D eigenvalue weighted by Gasteiger charge is 2.22. The number of halogens is 1. The summed E-state index contributed by atoms with van der Waals surface area (Å²) in [6.45, 7) is 4.01. The molecule has 0 fully saturated rings. The van der Waals surface area contributed by atoms with E-state index in [2.05, 4.69) is 0 Å². The van der Waals surface area contributed by atoms with Gasteiger partial charge in [0.15, 0.2) is 5.75 Å². The minimum atomic E-state index is -0.697. The zero-order valence-electron chi connectivity index (χ0n) is 10.6. The van der Waals surface area contributed by atoms with Crippen molar-refractivity contribution in [1.29, 1.82) is 0 Å². The van der Waals surface area contributed by atoms with Crippen LogP contribution in [0.1, 0.15) is 30.6 Å². The topological polar surface area (TPSA) is 78.7 Å². The molecular weight excluding hydrogens is 274 g/mol. The maximum Gasteiger partial charge on any atom is 0.339 e. The number of carbonyl (C=O) groups excluding carboxylic acids is 1. The number of ether oxygens (including phenoxy) is 2. The predicted octanol–water partition coefficient (Wildman–Crippen LogP) is 3.21. The molecule has 0 aliphatic heterocycles. The largest absolute Gasteiger partial charge is 0.487 e. The normalized spacial score (nSPS) is 10.1. The van der Waals surface area contributed by atoms with Gasteiger partial charge < -0.3 is 9.47 Å². The van der Waals surface area contributed by atoms with Crippen molar-refractivity contribution in [1.82, 2.24) is 0 Å². The quantitative estimate of drug-likeness (QED) is 0.456. The van der Waals surface area contributed by atoms with Gasteiger partial charge in [-0.15, -0.1) is 0 Å². The van der Waals surface area contributed by atoms with Gasteiger partial charge >= 0.3 is 11.7 Å². The van der Waals surface area contributed by atoms with E-state index in [1.807, 2.05) is 6.92 Å². The van der Waals surface area contributed by atoms with Gasteiger partial charge in [0.05, 0.1) is 28.7 Å². The minimum Gasteiger partial charge on any atom is -0.487 e. The Labute approximate surface area is 115 Å². The Morgan fingerprint density at radius 3 is 2.63 bits per heavy atom. The van der Waals surface area contributed by atoms with Crippen LogP contribution in [-0.2, 0) is 4.74 Å². The number of hydrogen-bond acceptors (Lipinski definition) is 5. The molecule has 7 heteroatoms. The molecule has 1 aromatic rings. The summed E-state index contributed by atoms with van der Waals surface area (Å²) in [6, 6.07) is 2.34. The van der Waals surface area contributed by atoms with Crippen LogP contribution in [0.4, 0.5) is 5.69 Å². The summed E-state index contributed by atoms with van der Waals surface area (Å²) in [5.41, 5.74) is -0.347. The monoisotopic (exact) mass is 287 g/mol. The van der Waals surface area contributed by atoms with Crippen molar-refractivity contribution in [2.24, 2.45) is 0 Å². The number of nitro groups is 1. The van der Waals surface area contributed by atoms with E-state index in [-0.39, 0.29) is 28.6 Å². The summed E-state index contributed by atoms with van der Waals surface area (Å²) in [5, 5.41) is 11.0. The molecule has 1 rings (SSSR count). The van der Waals surface area contributed by atoms with Crippen LogP contribution < -0.4 is 4.74 Å². The number of hydrogen-bond donors (Lipinski definition) is 0. The molecule has 6 nitrogen and oxygen atoms in total. The van der Waals surface area contributed by atoms with Crippen LogP contribution in [0.3, 0.4) is 0 Å². The van der Waals surface area contributed by atoms with Gasteiger partial charge in [0.25, 0.3) is 0 Å². The molecule has 0 heterocycles. The molecule has 0 atom stereocenters. The third-order valence-electron chi connectivity index (χ3n) is 2.20. The van der Waals surface area contributed by atoms with E-state index in [1.165, 1.54) is 6.07 Å². The number of esters is 1. The minimum absolute atomic E-state index is 0.0425. The summed E-state index contributed by atoms with van der Waals surface area (Å²) < 4.78 is 10.0. The molecule has 0 N–H and O–H groups in total. The van der Waals surface area contributed by atoms with Crippen LogP contribution >= 0.6 is 11.6 Å². The van der Waals surface area contributed by atoms with E-state index in [1.54, 1.807) is 6.92 Å². The van der Waals surface area contributed by atoms with E-state index >= 15 is 0 Å². The van der Waals surface area contributed by atoms with Crippen molar-refractivity contribution in [3.05, 3.63) is 32.8 Å². The number of carbonyl (C=O) groups is 1. The first kappa shape index (κ1) is 15.2. The Morgan fingerprint density at radius 1 is 1.42 bits per heavy atom. The molecule has 0 aliphatic rings. The Kier molecular flexibility index (Phi) is 5.57. The smallest absolute Gasteiger partial charge is 0.339 e. The first-order valence-corrected chi connectivity index (χ1v) is 6.16. The highest BCUT2D eigenvalue weighted by Crippen LogP contribution is 2.33. The molecule has 0 radical (unpaired) electrons. The standard InChI is InChI=1S/C12H14ClNO5/c1-3-5-19-11-7-9(13)8(12(15)18-4-2)6-10(11)14(16)17/h6-7H,3-5H2,1-2H3. The summed E-state index contributed by atoms with van der Waals surface area (Å²) in [7, 11) is 0. The molecule has 0 amide bonds. The first-order valence-electron chi connectivity index (χ1n) is 5.79. The number of nitro benzene ring substituents is 1. The van der Waals surface area contributed by atoms with E-state index in [0.717, 1.165) is 6.07 Å². The lowest BCUT2D eigenvalue weighted by Crippen LogP contribution is -2.07. The number of nitrogens with zero attached hydrogens (tertiary/aromatic N) is 1. The Hall–Kier alpha value is -1.82. The average Bonchev–Trinajstić information content (AvgIpc) is 2.36. The molecule has 0 aliphatic carbocycles. The SMILES string of the molecule is CCCOc1cc(Cl)c(C(=O)OCC)cc1[N+](=O)[O-]. The molecule has 0 aromatic heterocycles. The lowest BCUT2D eigenvalue weighted by molar-refractivity contribution is -0.385. The van der Waals surface area contributed by atoms with Crippen LogP contribution in [0.15, 0.2) is 12.1 Å². The number of benzene rings is 1. The average molecular weight is 288 g/mol. The van der Waals surface area contributed by atoms with Crippen LogP contribution in [0, 0.1) is 10.1 Å². The molecule has 1 aromatic carbocycles. The van der Waals surface area contributed by atoms with E-state index in [0.29, 0.717) is 13.0 Å². The van der Waals surface area contributed by atoms with Crippen LogP contribution in [-0.4, -0.2) is 24.1 Å². The summed E-state index contributed by atoms with van der Waals surface area (Å²) in [5.74, 6) is -0.650. The molecule has 0 saturated carbocycles. The van der Waals surface area contributed by atoms with Gasteiger partial charge in [-0.2, -0.15) is 0 Å². The van der Waals surface area contributed by atoms with Crippen molar-refractivity contribution < 1.29 is 19.2 Å². The van der Waals surface area contributed by atoms with Gasteiger partial charge in [0, 0.05) is 12.1 Å². The predicted molar refractivity (Wildman–Crippen MR) is 69.8 cm³/mol. The molecule has 104 valence electrons. The summed E-state index contributed by atoms with van der Waals surface area (Å²) in [6.07, 6.45) is 0.703. The Morgan fingerprint density at radius 2 is 2.11 bits per heavy atom. The van der Waals surface area contributed by atoms with Crippen molar-refractivity contribution in [2.45, 2.75) is 20.3 Å². The zero-order chi connectivity index (χ0) is 14.4. The summed E-state index contributed by atoms with van der Waals surface area (Å²) in [4.78, 5) is 21.9. The molecule has 0 spiro atoms. The van der Waals surface area contributed by atoms with Gasteiger partial charge in [0.1, 0.15) is 0 Å². The van der Waals surface area contributed by atoms with Gasteiger partial charge in [-0.05, 0) is 13.3 Å². The molecule has 19 heavy (non-hydrogen) atoms. The van der Waals surface area contributed by atoms with E-state index in [4.69, 9.17) is 21.1 Å². The maximum absolute atomic E-state index is 11.6. The Balaban J connectivity index is 3.20. The fourth-order valence-corrected chi connectivity index (χ4v) is 1.61. The van der Waals surface area contributed by atoms with Crippen molar-refractivity contribution in [3.8, 4) is 5.75 Å². The second-order valence-corrected chi connectivity index (χ2v) is 4.03. The number of rotatable bonds is 6. The first-order chi connectivity index (χ1) is 9.01. The molecule has 0 bridgehead atoms. The third kappa shape index (κ3) is 3.82. The second-order valence-electron chi connectivity index (χ2n) is 3.63. The van der Waals surface area contributed by atoms with E-state index in [9.17, 15) is 14.9 Å². The van der Waals surface area contributed by atoms with Crippen molar-refractivity contribution >= 4 is 23.3 Å².